The van der Waals surface area contributed by atoms with Gasteiger partial charge >= 0.3 is 0 Å². The van der Waals surface area contributed by atoms with Crippen molar-refractivity contribution in [3.05, 3.63) is 42.1 Å². The molecule has 2 saturated heterocycles. The number of ether oxygens (including phenoxy) is 1. The van der Waals surface area contributed by atoms with Gasteiger partial charge < -0.3 is 14.7 Å². The SMILES string of the molecule is O=C(c1cn[nH]c1-c1ccccc1)N1C[C@@H](CN2CCOCC2)[C@@H](CO)C1. The highest BCUT2D eigenvalue weighted by Crippen LogP contribution is 2.28. The molecule has 0 radical (unpaired) electrons. The smallest absolute Gasteiger partial charge is 0.257 e. The van der Waals surface area contributed by atoms with Crippen molar-refractivity contribution in [2.45, 2.75) is 0 Å². The van der Waals surface area contributed by atoms with Gasteiger partial charge in [0.2, 0.25) is 0 Å². The van der Waals surface area contributed by atoms with Crippen molar-refractivity contribution in [2.75, 3.05) is 52.5 Å². The van der Waals surface area contributed by atoms with Gasteiger partial charge in [-0.2, -0.15) is 5.10 Å². The molecule has 2 aromatic rings. The van der Waals surface area contributed by atoms with Crippen LogP contribution in [0.4, 0.5) is 0 Å². The van der Waals surface area contributed by atoms with Gasteiger partial charge in [0.1, 0.15) is 0 Å². The Bertz CT molecular complexity index is 758. The number of carbonyl (C=O) groups excluding carboxylic acids is 1. The summed E-state index contributed by atoms with van der Waals surface area (Å²) in [6, 6.07) is 9.77. The largest absolute Gasteiger partial charge is 0.396 e. The second-order valence-corrected chi connectivity index (χ2v) is 7.35. The zero-order valence-electron chi connectivity index (χ0n) is 15.4. The number of H-pyrrole nitrogens is 1. The van der Waals surface area contributed by atoms with Crippen molar-refractivity contribution in [2.24, 2.45) is 11.8 Å². The Morgan fingerprint density at radius 2 is 1.93 bits per heavy atom. The fraction of sp³-hybridized carbons (Fsp3) is 0.500. The normalized spacial score (nSPS) is 23.7. The lowest BCUT2D eigenvalue weighted by Crippen LogP contribution is -2.41. The van der Waals surface area contributed by atoms with E-state index < -0.39 is 0 Å². The number of nitrogens with one attached hydrogen (secondary N) is 1. The molecule has 0 bridgehead atoms. The third-order valence-corrected chi connectivity index (χ3v) is 5.63. The molecular formula is C20H26N4O3. The number of aromatic nitrogens is 2. The molecule has 7 heteroatoms. The van der Waals surface area contributed by atoms with Gasteiger partial charge in [-0.15, -0.1) is 0 Å². The number of amides is 1. The lowest BCUT2D eigenvalue weighted by molar-refractivity contribution is 0.0264. The molecule has 2 N–H and O–H groups in total. The fourth-order valence-electron chi connectivity index (χ4n) is 4.08. The summed E-state index contributed by atoms with van der Waals surface area (Å²) in [6.45, 7) is 5.61. The van der Waals surface area contributed by atoms with Crippen molar-refractivity contribution in [1.82, 2.24) is 20.0 Å². The summed E-state index contributed by atoms with van der Waals surface area (Å²) in [7, 11) is 0. The van der Waals surface area contributed by atoms with Crippen LogP contribution in [0.25, 0.3) is 11.3 Å². The molecule has 2 fully saturated rings. The van der Waals surface area contributed by atoms with Crippen molar-refractivity contribution in [3.63, 3.8) is 0 Å². The Balaban J connectivity index is 1.47. The first kappa shape index (κ1) is 18.2. The van der Waals surface area contributed by atoms with Crippen LogP contribution in [0, 0.1) is 11.8 Å². The molecule has 1 aromatic heterocycles. The van der Waals surface area contributed by atoms with Crippen LogP contribution < -0.4 is 0 Å². The molecule has 0 unspecified atom stereocenters. The molecule has 2 atom stereocenters. The Morgan fingerprint density at radius 3 is 2.67 bits per heavy atom. The van der Waals surface area contributed by atoms with Crippen LogP contribution in [-0.4, -0.2) is 83.6 Å². The van der Waals surface area contributed by atoms with E-state index in [1.165, 1.54) is 0 Å². The molecule has 7 nitrogen and oxygen atoms in total. The lowest BCUT2D eigenvalue weighted by Gasteiger charge is -2.30. The van der Waals surface area contributed by atoms with Gasteiger partial charge in [-0.1, -0.05) is 30.3 Å². The van der Waals surface area contributed by atoms with Gasteiger partial charge in [0.25, 0.3) is 5.91 Å². The zero-order valence-corrected chi connectivity index (χ0v) is 15.4. The number of benzene rings is 1. The van der Waals surface area contributed by atoms with E-state index in [1.54, 1.807) is 6.20 Å². The minimum atomic E-state index is -0.0227. The average Bonchev–Trinajstić information content (AvgIpc) is 3.36. The van der Waals surface area contributed by atoms with E-state index in [9.17, 15) is 9.90 Å². The zero-order chi connectivity index (χ0) is 18.6. The van der Waals surface area contributed by atoms with Crippen LogP contribution in [0.2, 0.25) is 0 Å². The van der Waals surface area contributed by atoms with Gasteiger partial charge in [0.05, 0.1) is 30.7 Å². The number of likely N-dealkylation sites (tertiary alicyclic amines) is 1. The second-order valence-electron chi connectivity index (χ2n) is 7.35. The number of morpholine rings is 1. The Kier molecular flexibility index (Phi) is 5.52. The monoisotopic (exact) mass is 370 g/mol. The predicted molar refractivity (Wildman–Crippen MR) is 101 cm³/mol. The average molecular weight is 370 g/mol. The maximum absolute atomic E-state index is 13.2. The topological polar surface area (TPSA) is 81.7 Å². The number of hydrogen-bond donors (Lipinski definition) is 2. The highest BCUT2D eigenvalue weighted by atomic mass is 16.5. The third-order valence-electron chi connectivity index (χ3n) is 5.63. The van der Waals surface area contributed by atoms with E-state index in [1.807, 2.05) is 35.2 Å². The molecule has 1 aromatic carbocycles. The van der Waals surface area contributed by atoms with Crippen LogP contribution in [0.1, 0.15) is 10.4 Å². The quantitative estimate of drug-likeness (QED) is 0.823. The summed E-state index contributed by atoms with van der Waals surface area (Å²) >= 11 is 0. The van der Waals surface area contributed by atoms with Crippen LogP contribution in [0.3, 0.4) is 0 Å². The Labute approximate surface area is 158 Å². The standard InChI is InChI=1S/C20H26N4O3/c25-14-17-13-24(12-16(17)11-23-6-8-27-9-7-23)20(26)18-10-21-22-19(18)15-4-2-1-3-5-15/h1-5,10,16-17,25H,6-9,11-14H2,(H,21,22)/t16-,17-/m1/s1. The molecular weight excluding hydrogens is 344 g/mol. The number of aromatic amines is 1. The molecule has 144 valence electrons. The maximum atomic E-state index is 13.2. The van der Waals surface area contributed by atoms with Crippen LogP contribution in [-0.2, 0) is 4.74 Å². The predicted octanol–water partition coefficient (Wildman–Crippen LogP) is 1.09. The second kappa shape index (κ2) is 8.21. The molecule has 27 heavy (non-hydrogen) atoms. The summed E-state index contributed by atoms with van der Waals surface area (Å²) in [5, 5.41) is 16.9. The van der Waals surface area contributed by atoms with Crippen LogP contribution >= 0.6 is 0 Å². The minimum absolute atomic E-state index is 0.0227. The first-order chi connectivity index (χ1) is 13.3. The summed E-state index contributed by atoms with van der Waals surface area (Å²) in [6.07, 6.45) is 1.61. The first-order valence-electron chi connectivity index (χ1n) is 9.55. The van der Waals surface area contributed by atoms with Crippen LogP contribution in [0.15, 0.2) is 36.5 Å². The van der Waals surface area contributed by atoms with E-state index in [0.29, 0.717) is 18.7 Å². The van der Waals surface area contributed by atoms with Gasteiger partial charge in [-0.05, 0) is 5.92 Å². The molecule has 0 aliphatic carbocycles. The van der Waals surface area contributed by atoms with Crippen molar-refractivity contribution < 1.29 is 14.6 Å². The molecule has 0 saturated carbocycles. The van der Waals surface area contributed by atoms with Crippen molar-refractivity contribution in [1.29, 1.82) is 0 Å². The molecule has 0 spiro atoms. The van der Waals surface area contributed by atoms with E-state index in [0.717, 1.165) is 44.1 Å². The molecule has 4 rings (SSSR count). The number of carbonyl (C=O) groups is 1. The fourth-order valence-corrected chi connectivity index (χ4v) is 4.08. The highest BCUT2D eigenvalue weighted by Gasteiger charge is 2.37. The summed E-state index contributed by atoms with van der Waals surface area (Å²) < 4.78 is 5.41. The van der Waals surface area contributed by atoms with Gasteiger partial charge in [0.15, 0.2) is 0 Å². The number of aliphatic hydroxyl groups excluding tert-OH is 1. The van der Waals surface area contributed by atoms with Gasteiger partial charge in [-0.3, -0.25) is 14.8 Å². The molecule has 2 aliphatic heterocycles. The first-order valence-corrected chi connectivity index (χ1v) is 9.55. The van der Waals surface area contributed by atoms with Gasteiger partial charge in [0, 0.05) is 50.8 Å². The van der Waals surface area contributed by atoms with E-state index in [4.69, 9.17) is 4.74 Å². The maximum Gasteiger partial charge on any atom is 0.257 e. The van der Waals surface area contributed by atoms with Crippen molar-refractivity contribution >= 4 is 5.91 Å². The summed E-state index contributed by atoms with van der Waals surface area (Å²) in [5.74, 6) is 0.374. The lowest BCUT2D eigenvalue weighted by atomic mass is 9.96. The number of rotatable bonds is 5. The third kappa shape index (κ3) is 3.90. The van der Waals surface area contributed by atoms with Crippen molar-refractivity contribution in [3.8, 4) is 11.3 Å². The van der Waals surface area contributed by atoms with E-state index in [2.05, 4.69) is 15.1 Å². The number of aliphatic hydroxyl groups is 1. The summed E-state index contributed by atoms with van der Waals surface area (Å²) in [5.41, 5.74) is 2.28. The van der Waals surface area contributed by atoms with E-state index >= 15 is 0 Å². The molecule has 2 aliphatic rings. The Hall–Kier alpha value is -2.22. The summed E-state index contributed by atoms with van der Waals surface area (Å²) in [4.78, 5) is 17.4. The minimum Gasteiger partial charge on any atom is -0.396 e. The highest BCUT2D eigenvalue weighted by molar-refractivity contribution is 5.99. The number of hydrogen-bond acceptors (Lipinski definition) is 5. The Morgan fingerprint density at radius 1 is 1.19 bits per heavy atom. The van der Waals surface area contributed by atoms with E-state index in [-0.39, 0.29) is 24.3 Å². The number of nitrogens with zero attached hydrogens (tertiary/aromatic N) is 3. The molecule has 1 amide bonds. The molecule has 3 heterocycles. The van der Waals surface area contributed by atoms with Crippen LogP contribution in [0.5, 0.6) is 0 Å². The van der Waals surface area contributed by atoms with Gasteiger partial charge in [-0.25, -0.2) is 0 Å².